The van der Waals surface area contributed by atoms with Gasteiger partial charge in [-0.25, -0.2) is 0 Å². The summed E-state index contributed by atoms with van der Waals surface area (Å²) in [7, 11) is 0. The third-order valence-electron chi connectivity index (χ3n) is 4.28. The molecule has 1 aliphatic rings. The molecule has 1 aliphatic carbocycles. The molecule has 0 aromatic carbocycles. The summed E-state index contributed by atoms with van der Waals surface area (Å²) in [5, 5.41) is 4.66. The molecular weight excluding hydrogens is 308 g/mol. The summed E-state index contributed by atoms with van der Waals surface area (Å²) in [5.74, 6) is 0.975. The van der Waals surface area contributed by atoms with Crippen molar-refractivity contribution in [1.82, 2.24) is 9.78 Å². The Hall–Kier alpha value is 0.0400. The molecule has 2 rings (SSSR count). The molecule has 1 fully saturated rings. The molecule has 4 heteroatoms. The van der Waals surface area contributed by atoms with Crippen molar-refractivity contribution in [3.8, 4) is 0 Å². The Balaban J connectivity index is 2.20. The molecule has 1 heterocycles. The van der Waals surface area contributed by atoms with Crippen LogP contribution in [0.15, 0.2) is 4.47 Å². The van der Waals surface area contributed by atoms with E-state index in [0.29, 0.717) is 5.41 Å². The first-order chi connectivity index (χ1) is 8.58. The van der Waals surface area contributed by atoms with Crippen molar-refractivity contribution in [1.29, 1.82) is 0 Å². The summed E-state index contributed by atoms with van der Waals surface area (Å²) in [6.07, 6.45) is 8.06. The molecule has 102 valence electrons. The van der Waals surface area contributed by atoms with Crippen LogP contribution in [-0.4, -0.2) is 15.5 Å². The van der Waals surface area contributed by atoms with Crippen LogP contribution in [0.25, 0.3) is 0 Å². The quantitative estimate of drug-likeness (QED) is 0.636. The van der Waals surface area contributed by atoms with Gasteiger partial charge in [0.05, 0.1) is 10.2 Å². The summed E-state index contributed by atoms with van der Waals surface area (Å²) in [6.45, 7) is 5.23. The van der Waals surface area contributed by atoms with Crippen molar-refractivity contribution in [2.75, 3.05) is 5.75 Å². The molecule has 18 heavy (non-hydrogen) atoms. The van der Waals surface area contributed by atoms with E-state index in [4.69, 9.17) is 0 Å². The van der Waals surface area contributed by atoms with Gasteiger partial charge in [0, 0.05) is 12.2 Å². The predicted octanol–water partition coefficient (Wildman–Crippen LogP) is 4.53. The minimum atomic E-state index is 0.349. The molecule has 0 saturated heterocycles. The molecule has 1 aromatic rings. The number of aryl methyl sites for hydroxylation is 1. The van der Waals surface area contributed by atoms with Crippen LogP contribution in [0.3, 0.4) is 0 Å². The van der Waals surface area contributed by atoms with E-state index in [1.807, 2.05) is 0 Å². The molecule has 1 saturated carbocycles. The van der Waals surface area contributed by atoms with Gasteiger partial charge >= 0.3 is 0 Å². The summed E-state index contributed by atoms with van der Waals surface area (Å²) in [4.78, 5) is 0. The Morgan fingerprint density at radius 1 is 1.22 bits per heavy atom. The van der Waals surface area contributed by atoms with Crippen LogP contribution in [0.4, 0.5) is 0 Å². The minimum Gasteiger partial charge on any atom is -0.268 e. The van der Waals surface area contributed by atoms with Crippen molar-refractivity contribution < 1.29 is 0 Å². The molecular formula is C14H23BrN2S. The average molecular weight is 331 g/mol. The molecule has 0 N–H and O–H groups in total. The maximum absolute atomic E-state index is 4.66. The first kappa shape index (κ1) is 14.4. The first-order valence-electron chi connectivity index (χ1n) is 6.88. The number of aromatic nitrogens is 2. The Morgan fingerprint density at radius 2 is 1.83 bits per heavy atom. The van der Waals surface area contributed by atoms with Crippen LogP contribution >= 0.6 is 28.6 Å². The summed E-state index contributed by atoms with van der Waals surface area (Å²) in [5.41, 5.74) is 2.69. The second-order valence-corrected chi connectivity index (χ2v) is 6.82. The number of halogens is 1. The van der Waals surface area contributed by atoms with Crippen molar-refractivity contribution in [3.63, 3.8) is 0 Å². The van der Waals surface area contributed by atoms with Crippen LogP contribution in [0.2, 0.25) is 0 Å². The lowest BCUT2D eigenvalue weighted by molar-refractivity contribution is 0.228. The lowest BCUT2D eigenvalue weighted by Crippen LogP contribution is -2.29. The minimum absolute atomic E-state index is 0.349. The maximum atomic E-state index is 4.66. The number of thiol groups is 1. The van der Waals surface area contributed by atoms with Gasteiger partial charge in [0.25, 0.3) is 0 Å². The summed E-state index contributed by atoms with van der Waals surface area (Å²) in [6, 6.07) is 0. The highest BCUT2D eigenvalue weighted by Crippen LogP contribution is 2.38. The summed E-state index contributed by atoms with van der Waals surface area (Å²) < 4.78 is 3.34. The lowest BCUT2D eigenvalue weighted by Gasteiger charge is -2.31. The standard InChI is InChI=1S/C14H23BrN2S/c1-11-13(15)12(2)17(16-11)9-14(10-18)7-5-3-4-6-8-14/h18H,3-10H2,1-2H3. The van der Waals surface area contributed by atoms with Crippen LogP contribution < -0.4 is 0 Å². The molecule has 0 radical (unpaired) electrons. The van der Waals surface area contributed by atoms with Gasteiger partial charge in [0.2, 0.25) is 0 Å². The second kappa shape index (κ2) is 6.00. The van der Waals surface area contributed by atoms with E-state index < -0.39 is 0 Å². The number of nitrogens with zero attached hydrogens (tertiary/aromatic N) is 2. The van der Waals surface area contributed by atoms with E-state index in [0.717, 1.165) is 22.5 Å². The molecule has 2 nitrogen and oxygen atoms in total. The second-order valence-electron chi connectivity index (χ2n) is 5.71. The zero-order valence-electron chi connectivity index (χ0n) is 11.4. The smallest absolute Gasteiger partial charge is 0.0738 e. The van der Waals surface area contributed by atoms with Crippen molar-refractivity contribution in [3.05, 3.63) is 15.9 Å². The zero-order chi connectivity index (χ0) is 13.2. The maximum Gasteiger partial charge on any atom is 0.0738 e. The van der Waals surface area contributed by atoms with E-state index in [2.05, 4.69) is 52.2 Å². The molecule has 0 amide bonds. The molecule has 0 aliphatic heterocycles. The topological polar surface area (TPSA) is 17.8 Å². The third-order valence-corrected chi connectivity index (χ3v) is 6.10. The van der Waals surface area contributed by atoms with E-state index in [1.54, 1.807) is 0 Å². The van der Waals surface area contributed by atoms with Crippen molar-refractivity contribution in [2.24, 2.45) is 5.41 Å². The van der Waals surface area contributed by atoms with Gasteiger partial charge in [0.15, 0.2) is 0 Å². The van der Waals surface area contributed by atoms with Gasteiger partial charge in [-0.3, -0.25) is 4.68 Å². The fourth-order valence-corrected chi connectivity index (χ4v) is 3.69. The highest BCUT2D eigenvalue weighted by atomic mass is 79.9. The third kappa shape index (κ3) is 2.96. The Bertz CT molecular complexity index is 406. The lowest BCUT2D eigenvalue weighted by atomic mass is 9.82. The van der Waals surface area contributed by atoms with Crippen molar-refractivity contribution >= 4 is 28.6 Å². The first-order valence-corrected chi connectivity index (χ1v) is 8.31. The molecule has 0 spiro atoms. The van der Waals surface area contributed by atoms with E-state index in [1.165, 1.54) is 44.2 Å². The van der Waals surface area contributed by atoms with Crippen LogP contribution in [-0.2, 0) is 6.54 Å². The van der Waals surface area contributed by atoms with Crippen LogP contribution in [0.5, 0.6) is 0 Å². The number of hydrogen-bond acceptors (Lipinski definition) is 2. The summed E-state index contributed by atoms with van der Waals surface area (Å²) >= 11 is 8.26. The van der Waals surface area contributed by atoms with E-state index >= 15 is 0 Å². The van der Waals surface area contributed by atoms with Gasteiger partial charge in [0.1, 0.15) is 0 Å². The SMILES string of the molecule is Cc1nn(CC2(CS)CCCCCC2)c(C)c1Br. The average Bonchev–Trinajstić information content (AvgIpc) is 2.59. The predicted molar refractivity (Wildman–Crippen MR) is 83.4 cm³/mol. The fourth-order valence-electron chi connectivity index (χ4n) is 2.99. The largest absolute Gasteiger partial charge is 0.268 e. The highest BCUT2D eigenvalue weighted by molar-refractivity contribution is 9.10. The van der Waals surface area contributed by atoms with Crippen LogP contribution in [0.1, 0.15) is 49.9 Å². The number of rotatable bonds is 3. The van der Waals surface area contributed by atoms with Gasteiger partial charge < -0.3 is 0 Å². The number of hydrogen-bond donors (Lipinski definition) is 1. The van der Waals surface area contributed by atoms with Gasteiger partial charge in [-0.05, 0) is 53.8 Å². The highest BCUT2D eigenvalue weighted by Gasteiger charge is 2.31. The fraction of sp³-hybridized carbons (Fsp3) is 0.786. The molecule has 0 bridgehead atoms. The van der Waals surface area contributed by atoms with Gasteiger partial charge in [-0.15, -0.1) is 0 Å². The van der Waals surface area contributed by atoms with Gasteiger partial charge in [-0.2, -0.15) is 17.7 Å². The Kier molecular flexibility index (Phi) is 4.81. The van der Waals surface area contributed by atoms with Gasteiger partial charge in [-0.1, -0.05) is 25.7 Å². The van der Waals surface area contributed by atoms with Crippen LogP contribution in [0, 0.1) is 19.3 Å². The monoisotopic (exact) mass is 330 g/mol. The van der Waals surface area contributed by atoms with E-state index in [-0.39, 0.29) is 0 Å². The van der Waals surface area contributed by atoms with E-state index in [9.17, 15) is 0 Å². The molecule has 0 unspecified atom stereocenters. The molecule has 1 aromatic heterocycles. The Morgan fingerprint density at radius 3 is 2.28 bits per heavy atom. The molecule has 0 atom stereocenters. The normalized spacial score (nSPS) is 19.8. The Labute approximate surface area is 124 Å². The van der Waals surface area contributed by atoms with Crippen molar-refractivity contribution in [2.45, 2.75) is 58.9 Å². The zero-order valence-corrected chi connectivity index (χ0v) is 13.9.